The largest absolute Gasteiger partial charge is 0.372 e. The molecule has 2 heterocycles. The second-order valence-corrected chi connectivity index (χ2v) is 11.8. The Morgan fingerprint density at radius 1 is 0.953 bits per heavy atom. The average Bonchev–Trinajstić information content (AvgIpc) is 3.13. The number of halogens is 1. The molecule has 0 bridgehead atoms. The fourth-order valence-electron chi connectivity index (χ4n) is 5.87. The molecule has 0 aromatic heterocycles. The molecule has 1 N–H and O–H groups in total. The Balaban J connectivity index is 1.27. The first-order chi connectivity index (χ1) is 20.7. The summed E-state index contributed by atoms with van der Waals surface area (Å²) in [7, 11) is 0. The van der Waals surface area contributed by atoms with E-state index in [1.54, 1.807) is 37.3 Å². The third-order valence-electron chi connectivity index (χ3n) is 8.43. The SMILES string of the molecule is CC(=O)N1CCN(CCOC2CCC(C)N(C(=O)c3ccc(NC(=O)c4ccccc4C)cc3)c3ccc(Cl)cc32)CC1. The van der Waals surface area contributed by atoms with Gasteiger partial charge in [-0.2, -0.15) is 0 Å². The smallest absolute Gasteiger partial charge is 0.258 e. The van der Waals surface area contributed by atoms with Crippen LogP contribution in [0.25, 0.3) is 0 Å². The molecule has 5 rings (SSSR count). The van der Waals surface area contributed by atoms with E-state index in [-0.39, 0.29) is 29.9 Å². The maximum Gasteiger partial charge on any atom is 0.258 e. The van der Waals surface area contributed by atoms with Crippen LogP contribution in [0.3, 0.4) is 0 Å². The Morgan fingerprint density at radius 2 is 1.67 bits per heavy atom. The van der Waals surface area contributed by atoms with Crippen LogP contribution in [0.1, 0.15) is 64.6 Å². The minimum absolute atomic E-state index is 0.0545. The van der Waals surface area contributed by atoms with Crippen LogP contribution in [0.5, 0.6) is 0 Å². The number of nitrogens with zero attached hydrogens (tertiary/aromatic N) is 3. The number of carbonyl (C=O) groups is 3. The quantitative estimate of drug-likeness (QED) is 0.361. The van der Waals surface area contributed by atoms with Crippen LogP contribution in [0.4, 0.5) is 11.4 Å². The molecule has 3 aromatic carbocycles. The van der Waals surface area contributed by atoms with Gasteiger partial charge < -0.3 is 19.9 Å². The molecule has 1 saturated heterocycles. The zero-order valence-electron chi connectivity index (χ0n) is 25.0. The first-order valence-electron chi connectivity index (χ1n) is 14.9. The van der Waals surface area contributed by atoms with Crippen molar-refractivity contribution in [1.82, 2.24) is 9.80 Å². The second kappa shape index (κ2) is 13.7. The fourth-order valence-corrected chi connectivity index (χ4v) is 6.05. The molecule has 0 aliphatic carbocycles. The Kier molecular flexibility index (Phi) is 9.80. The fraction of sp³-hybridized carbons (Fsp3) is 0.382. The molecule has 3 amide bonds. The molecule has 226 valence electrons. The molecule has 8 nitrogen and oxygen atoms in total. The molecule has 1 fully saturated rings. The molecular formula is C34H39ClN4O4. The summed E-state index contributed by atoms with van der Waals surface area (Å²) in [4.78, 5) is 44.4. The lowest BCUT2D eigenvalue weighted by Gasteiger charge is -2.34. The molecule has 0 saturated carbocycles. The van der Waals surface area contributed by atoms with Crippen molar-refractivity contribution < 1.29 is 19.1 Å². The summed E-state index contributed by atoms with van der Waals surface area (Å²) < 4.78 is 6.44. The van der Waals surface area contributed by atoms with Crippen LogP contribution in [0.15, 0.2) is 66.7 Å². The molecule has 2 aliphatic heterocycles. The van der Waals surface area contributed by atoms with Gasteiger partial charge in [0.1, 0.15) is 0 Å². The highest BCUT2D eigenvalue weighted by molar-refractivity contribution is 6.30. The topological polar surface area (TPSA) is 82.2 Å². The number of fused-ring (bicyclic) bond motifs is 1. The number of piperazine rings is 1. The molecular weight excluding hydrogens is 564 g/mol. The number of anilines is 2. The molecule has 0 spiro atoms. The van der Waals surface area contributed by atoms with Gasteiger partial charge in [-0.25, -0.2) is 0 Å². The number of benzene rings is 3. The number of amides is 3. The molecule has 43 heavy (non-hydrogen) atoms. The number of hydrogen-bond acceptors (Lipinski definition) is 5. The van der Waals surface area contributed by atoms with Crippen LogP contribution < -0.4 is 10.2 Å². The van der Waals surface area contributed by atoms with Crippen LogP contribution in [-0.4, -0.2) is 72.9 Å². The average molecular weight is 603 g/mol. The number of carbonyl (C=O) groups excluding carboxylic acids is 3. The van der Waals surface area contributed by atoms with Crippen molar-refractivity contribution in [3.8, 4) is 0 Å². The zero-order chi connectivity index (χ0) is 30.5. The van der Waals surface area contributed by atoms with Gasteiger partial charge in [-0.05, 0) is 80.8 Å². The van der Waals surface area contributed by atoms with E-state index in [4.69, 9.17) is 16.3 Å². The lowest BCUT2D eigenvalue weighted by molar-refractivity contribution is -0.130. The standard InChI is InChI=1S/C34H39ClN4O4/c1-23-6-4-5-7-29(23)33(41)36-28-12-9-26(10-13-28)34(42)39-24(2)8-15-32(30-22-27(35)11-14-31(30)39)43-21-20-37-16-18-38(19-17-37)25(3)40/h4-7,9-14,22,24,32H,8,15-21H2,1-3H3,(H,36,41). The Hall–Kier alpha value is -3.72. The van der Waals surface area contributed by atoms with Crippen molar-refractivity contribution >= 4 is 40.7 Å². The van der Waals surface area contributed by atoms with Crippen molar-refractivity contribution in [2.45, 2.75) is 45.8 Å². The van der Waals surface area contributed by atoms with E-state index in [9.17, 15) is 14.4 Å². The molecule has 9 heteroatoms. The van der Waals surface area contributed by atoms with Crippen LogP contribution >= 0.6 is 11.6 Å². The Labute approximate surface area is 258 Å². The summed E-state index contributed by atoms with van der Waals surface area (Å²) in [5.41, 5.74) is 4.38. The van der Waals surface area contributed by atoms with Gasteiger partial charge in [0.25, 0.3) is 11.8 Å². The first kappa shape index (κ1) is 30.7. The Morgan fingerprint density at radius 3 is 2.37 bits per heavy atom. The van der Waals surface area contributed by atoms with Crippen molar-refractivity contribution in [2.75, 3.05) is 49.5 Å². The van der Waals surface area contributed by atoms with E-state index >= 15 is 0 Å². The minimum atomic E-state index is -0.188. The van der Waals surface area contributed by atoms with Gasteiger partial charge in [0, 0.05) is 73.1 Å². The molecule has 0 radical (unpaired) electrons. The van der Waals surface area contributed by atoms with E-state index in [1.165, 1.54) is 0 Å². The lowest BCUT2D eigenvalue weighted by atomic mass is 10.0. The van der Waals surface area contributed by atoms with Gasteiger partial charge in [-0.3, -0.25) is 19.3 Å². The third-order valence-corrected chi connectivity index (χ3v) is 8.66. The Bertz CT molecular complexity index is 1470. The van der Waals surface area contributed by atoms with Gasteiger partial charge in [0.2, 0.25) is 5.91 Å². The van der Waals surface area contributed by atoms with Gasteiger partial charge >= 0.3 is 0 Å². The summed E-state index contributed by atoms with van der Waals surface area (Å²) in [6, 6.07) is 20.0. The first-order valence-corrected chi connectivity index (χ1v) is 15.3. The number of hydrogen-bond donors (Lipinski definition) is 1. The van der Waals surface area contributed by atoms with Crippen LogP contribution in [-0.2, 0) is 9.53 Å². The summed E-state index contributed by atoms with van der Waals surface area (Å²) >= 11 is 6.45. The predicted molar refractivity (Wildman–Crippen MR) is 170 cm³/mol. The summed E-state index contributed by atoms with van der Waals surface area (Å²) in [5, 5.41) is 3.53. The van der Waals surface area contributed by atoms with Gasteiger partial charge in [-0.1, -0.05) is 29.8 Å². The normalized spacial score (nSPS) is 19.0. The van der Waals surface area contributed by atoms with E-state index in [0.717, 1.165) is 62.4 Å². The number of aryl methyl sites for hydroxylation is 1. The van der Waals surface area contributed by atoms with Gasteiger partial charge in [0.15, 0.2) is 0 Å². The van der Waals surface area contributed by atoms with Crippen molar-refractivity contribution in [2.24, 2.45) is 0 Å². The van der Waals surface area contributed by atoms with Crippen LogP contribution in [0, 0.1) is 6.92 Å². The monoisotopic (exact) mass is 602 g/mol. The predicted octanol–water partition coefficient (Wildman–Crippen LogP) is 5.95. The minimum Gasteiger partial charge on any atom is -0.372 e. The lowest BCUT2D eigenvalue weighted by Crippen LogP contribution is -2.48. The highest BCUT2D eigenvalue weighted by Gasteiger charge is 2.32. The molecule has 3 aromatic rings. The maximum atomic E-state index is 13.9. The van der Waals surface area contributed by atoms with E-state index < -0.39 is 0 Å². The highest BCUT2D eigenvalue weighted by atomic mass is 35.5. The van der Waals surface area contributed by atoms with E-state index in [2.05, 4.69) is 17.1 Å². The van der Waals surface area contributed by atoms with Gasteiger partial charge in [-0.15, -0.1) is 0 Å². The number of nitrogens with one attached hydrogen (secondary N) is 1. The summed E-state index contributed by atoms with van der Waals surface area (Å²) in [6.07, 6.45) is 1.34. The van der Waals surface area contributed by atoms with E-state index in [1.807, 2.05) is 53.1 Å². The zero-order valence-corrected chi connectivity index (χ0v) is 25.8. The summed E-state index contributed by atoms with van der Waals surface area (Å²) in [6.45, 7) is 10.1. The second-order valence-electron chi connectivity index (χ2n) is 11.4. The maximum absolute atomic E-state index is 13.9. The molecule has 2 unspecified atom stereocenters. The van der Waals surface area contributed by atoms with Crippen LogP contribution in [0.2, 0.25) is 5.02 Å². The number of ether oxygens (including phenoxy) is 1. The molecule has 2 atom stereocenters. The highest BCUT2D eigenvalue weighted by Crippen LogP contribution is 2.39. The molecule has 2 aliphatic rings. The van der Waals surface area contributed by atoms with Crippen molar-refractivity contribution in [1.29, 1.82) is 0 Å². The number of rotatable bonds is 7. The van der Waals surface area contributed by atoms with Crippen molar-refractivity contribution in [3.05, 3.63) is 94.0 Å². The van der Waals surface area contributed by atoms with Crippen molar-refractivity contribution in [3.63, 3.8) is 0 Å². The van der Waals surface area contributed by atoms with Gasteiger partial charge in [0.05, 0.1) is 18.4 Å². The third kappa shape index (κ3) is 7.26. The van der Waals surface area contributed by atoms with E-state index in [0.29, 0.717) is 28.4 Å². The summed E-state index contributed by atoms with van der Waals surface area (Å²) in [5.74, 6) is -0.178.